The highest BCUT2D eigenvalue weighted by Crippen LogP contribution is 2.37. The Morgan fingerprint density at radius 2 is 1.67 bits per heavy atom. The molecular formula is C19H22ClN. The number of rotatable bonds is 4. The first-order valence-electron chi connectivity index (χ1n) is 8.66. The lowest BCUT2D eigenvalue weighted by molar-refractivity contribution is 0.628. The summed E-state index contributed by atoms with van der Waals surface area (Å²) in [6, 6.07) is 14.3. The van der Waals surface area contributed by atoms with Crippen LogP contribution in [0.25, 0.3) is 12.1 Å². The second kappa shape index (κ2) is 7.44. The Labute approximate surface area is 137 Å². The van der Waals surface area contributed by atoms with E-state index in [1.165, 1.54) is 0 Å². The van der Waals surface area contributed by atoms with Gasteiger partial charge >= 0.3 is 0 Å². The van der Waals surface area contributed by atoms with Gasteiger partial charge in [-0.15, -0.1) is 12.4 Å². The predicted octanol–water partition coefficient (Wildman–Crippen LogP) is 4.72. The molecule has 1 nitrogen and oxygen atoms in total. The average molecular weight is 303 g/mol. The fourth-order valence-corrected chi connectivity index (χ4v) is 2.83. The molecule has 0 bridgehead atoms. The molecule has 1 N–H and O–H groups in total. The number of halogens is 1. The van der Waals surface area contributed by atoms with Crippen LogP contribution in [0, 0.1) is 0 Å². The molecule has 3 rings (SSSR count). The van der Waals surface area contributed by atoms with Crippen molar-refractivity contribution in [2.24, 2.45) is 0 Å². The lowest BCUT2D eigenvalue weighted by atomic mass is 9.84. The molecule has 1 aliphatic carbocycles. The second-order valence-corrected chi connectivity index (χ2v) is 5.13. The van der Waals surface area contributed by atoms with E-state index in [-0.39, 0.29) is 30.4 Å². The molecule has 2 aromatic rings. The van der Waals surface area contributed by atoms with E-state index < -0.39 is 0 Å². The molecule has 0 saturated heterocycles. The summed E-state index contributed by atoms with van der Waals surface area (Å²) in [5, 5.41) is 3.17. The first-order valence-corrected chi connectivity index (χ1v) is 7.16. The number of fused-ring (bicyclic) bond motifs is 2. The molecule has 0 fully saturated rings. The van der Waals surface area contributed by atoms with Crippen molar-refractivity contribution in [1.29, 1.82) is 0 Å². The van der Waals surface area contributed by atoms with Gasteiger partial charge in [-0.25, -0.2) is 0 Å². The van der Waals surface area contributed by atoms with E-state index in [4.69, 9.17) is 4.11 Å². The molecule has 0 saturated carbocycles. The van der Waals surface area contributed by atoms with Crippen molar-refractivity contribution >= 4 is 24.5 Å². The van der Waals surface area contributed by atoms with Crippen molar-refractivity contribution in [1.82, 2.24) is 5.32 Å². The van der Waals surface area contributed by atoms with Gasteiger partial charge in [0.15, 0.2) is 0 Å². The lowest BCUT2D eigenvalue weighted by Crippen LogP contribution is -2.11. The number of hydrogen-bond acceptors (Lipinski definition) is 1. The molecule has 0 aliphatic heterocycles. The van der Waals surface area contributed by atoms with Crippen LogP contribution in [-0.4, -0.2) is 13.6 Å². The molecule has 0 spiro atoms. The molecule has 2 heteroatoms. The maximum atomic E-state index is 8.43. The molecule has 1 atom stereocenters. The van der Waals surface area contributed by atoms with Crippen LogP contribution in [-0.2, 0) is 0 Å². The molecule has 0 aromatic heterocycles. The van der Waals surface area contributed by atoms with Gasteiger partial charge in [0.25, 0.3) is 0 Å². The van der Waals surface area contributed by atoms with E-state index in [0.717, 1.165) is 41.6 Å². The predicted molar refractivity (Wildman–Crippen MR) is 94.1 cm³/mol. The average Bonchev–Trinajstić information content (AvgIpc) is 2.66. The second-order valence-electron chi connectivity index (χ2n) is 5.13. The van der Waals surface area contributed by atoms with Gasteiger partial charge in [0.05, 0.1) is 4.11 Å². The van der Waals surface area contributed by atoms with Gasteiger partial charge in [-0.2, -0.15) is 0 Å². The van der Waals surface area contributed by atoms with Crippen molar-refractivity contribution < 1.29 is 4.11 Å². The van der Waals surface area contributed by atoms with Gasteiger partial charge in [0.2, 0.25) is 0 Å². The van der Waals surface area contributed by atoms with Crippen molar-refractivity contribution in [2.45, 2.75) is 18.8 Å². The smallest absolute Gasteiger partial charge is 0.0629 e. The third kappa shape index (κ3) is 3.37. The van der Waals surface area contributed by atoms with Crippen LogP contribution in [0.15, 0.2) is 48.5 Å². The summed E-state index contributed by atoms with van der Waals surface area (Å²) < 4.78 is 25.2. The summed E-state index contributed by atoms with van der Waals surface area (Å²) in [6.07, 6.45) is 1.89. The highest BCUT2D eigenvalue weighted by molar-refractivity contribution is 5.85. The zero-order valence-electron chi connectivity index (χ0n) is 15.1. The molecule has 1 unspecified atom stereocenters. The quantitative estimate of drug-likeness (QED) is 0.806. The van der Waals surface area contributed by atoms with E-state index in [1.807, 2.05) is 43.4 Å². The van der Waals surface area contributed by atoms with Crippen molar-refractivity contribution in [3.63, 3.8) is 0 Å². The summed E-state index contributed by atoms with van der Waals surface area (Å²) >= 11 is 0. The Bertz CT molecular complexity index is 758. The van der Waals surface area contributed by atoms with Crippen molar-refractivity contribution in [3.8, 4) is 0 Å². The Hall–Kier alpha value is -1.57. The van der Waals surface area contributed by atoms with E-state index in [0.29, 0.717) is 6.04 Å². The van der Waals surface area contributed by atoms with Gasteiger partial charge in [-0.3, -0.25) is 0 Å². The van der Waals surface area contributed by atoms with Crippen LogP contribution >= 0.6 is 12.4 Å². The van der Waals surface area contributed by atoms with E-state index in [1.54, 1.807) is 6.07 Å². The molecule has 2 aromatic carbocycles. The van der Waals surface area contributed by atoms with E-state index in [2.05, 4.69) is 5.32 Å². The number of nitrogens with one attached hydrogen (secondary N) is 1. The van der Waals surface area contributed by atoms with Crippen LogP contribution in [0.1, 0.15) is 45.1 Å². The highest BCUT2D eigenvalue weighted by atomic mass is 35.5. The lowest BCUT2D eigenvalue weighted by Gasteiger charge is -2.20. The van der Waals surface area contributed by atoms with Gasteiger partial charge in [0, 0.05) is 5.92 Å². The van der Waals surface area contributed by atoms with E-state index in [9.17, 15) is 0 Å². The van der Waals surface area contributed by atoms with Gasteiger partial charge < -0.3 is 5.32 Å². The topological polar surface area (TPSA) is 12.0 Å². The van der Waals surface area contributed by atoms with E-state index >= 15 is 0 Å². The van der Waals surface area contributed by atoms with Crippen molar-refractivity contribution in [3.05, 3.63) is 70.8 Å². The minimum atomic E-state index is 0. The van der Waals surface area contributed by atoms with Crippen LogP contribution in [0.2, 0.25) is 0 Å². The molecule has 0 radical (unpaired) electrons. The third-order valence-electron chi connectivity index (χ3n) is 3.82. The maximum absolute atomic E-state index is 8.43. The standard InChI is InChI=1S/C19H21N.ClH/c1-20-14-6-11-19-17-9-4-2-7-15(17)12-13-16-8-3-5-10-18(16)19;/h2-5,7-10,12-13,19-20H,6,11,14H2,1H3;1H/i9D,12D,13D;. The monoisotopic (exact) mass is 302 g/mol. The Morgan fingerprint density at radius 1 is 1.00 bits per heavy atom. The highest BCUT2D eigenvalue weighted by Gasteiger charge is 2.20. The molecule has 0 heterocycles. The number of hydrogen-bond donors (Lipinski definition) is 1. The van der Waals surface area contributed by atoms with Crippen LogP contribution in [0.5, 0.6) is 0 Å². The first-order chi connectivity index (χ1) is 11.1. The molecule has 21 heavy (non-hydrogen) atoms. The van der Waals surface area contributed by atoms with Gasteiger partial charge in [-0.05, 0) is 48.7 Å². The number of benzene rings is 2. The Kier molecular flexibility index (Phi) is 4.26. The van der Waals surface area contributed by atoms with Crippen molar-refractivity contribution in [2.75, 3.05) is 13.6 Å². The van der Waals surface area contributed by atoms with Crippen LogP contribution in [0.3, 0.4) is 0 Å². The molecule has 110 valence electrons. The fourth-order valence-electron chi connectivity index (χ4n) is 2.83. The zero-order valence-corrected chi connectivity index (χ0v) is 13.0. The fraction of sp³-hybridized carbons (Fsp3) is 0.263. The summed E-state index contributed by atoms with van der Waals surface area (Å²) in [5.41, 5.74) is 3.51. The van der Waals surface area contributed by atoms with Crippen LogP contribution < -0.4 is 5.32 Å². The SMILES string of the molecule is Cl.[2H]C1=C([2H])c2cccc([2H])c2C(CCCNC)c2ccccc21. The molecule has 0 amide bonds. The maximum Gasteiger partial charge on any atom is 0.0629 e. The zero-order chi connectivity index (χ0) is 16.4. The summed E-state index contributed by atoms with van der Waals surface area (Å²) in [7, 11) is 1.94. The molecule has 1 aliphatic rings. The Morgan fingerprint density at radius 3 is 2.43 bits per heavy atom. The van der Waals surface area contributed by atoms with Crippen LogP contribution in [0.4, 0.5) is 0 Å². The van der Waals surface area contributed by atoms with Gasteiger partial charge in [-0.1, -0.05) is 60.6 Å². The normalized spacial score (nSPS) is 18.5. The van der Waals surface area contributed by atoms with Gasteiger partial charge in [0.1, 0.15) is 0 Å². The summed E-state index contributed by atoms with van der Waals surface area (Å²) in [6.45, 7) is 0.920. The third-order valence-corrected chi connectivity index (χ3v) is 3.82. The minimum Gasteiger partial charge on any atom is -0.320 e. The summed E-state index contributed by atoms with van der Waals surface area (Å²) in [5.74, 6) is 0.0615. The Balaban J connectivity index is 0.00000208. The first kappa shape index (κ1) is 12.0. The minimum absolute atomic E-state index is 0. The largest absolute Gasteiger partial charge is 0.320 e. The molecular weight excluding hydrogens is 278 g/mol. The summed E-state index contributed by atoms with van der Waals surface area (Å²) in [4.78, 5) is 0.